The summed E-state index contributed by atoms with van der Waals surface area (Å²) >= 11 is 6.82. The fraction of sp³-hybridized carbons (Fsp3) is 0.500. The molecule has 0 spiro atoms. The molecule has 0 amide bonds. The van der Waals surface area contributed by atoms with Gasteiger partial charge in [-0.1, -0.05) is 62.6 Å². The number of halogens is 1. The van der Waals surface area contributed by atoms with Gasteiger partial charge in [0.25, 0.3) is 5.56 Å². The van der Waals surface area contributed by atoms with Crippen LogP contribution in [0.15, 0.2) is 47.7 Å². The average Bonchev–Trinajstić information content (AvgIpc) is 3.58. The standard InChI is InChI=1S/C32H42ClN5O4Si/c1-6-42-32(40)27-18-25-26(33)19-37(31(39)29(25)38(27)21-41-15-16-43(3,4)5)24-14-10-13-23(17-24)28(22-11-8-7-9-12-22)30-35-34-20-36(30)2/h10,13-14,17-20,22,28H,6-9,11-12,15-16,21H2,1-5H3/t28-/m1/s1. The van der Waals surface area contributed by atoms with Crippen molar-refractivity contribution in [1.82, 2.24) is 23.9 Å². The van der Waals surface area contributed by atoms with Crippen LogP contribution >= 0.6 is 11.6 Å². The lowest BCUT2D eigenvalue weighted by molar-refractivity contribution is 0.0477. The van der Waals surface area contributed by atoms with Crippen molar-refractivity contribution in [3.05, 3.63) is 75.3 Å². The Morgan fingerprint density at radius 1 is 1.16 bits per heavy atom. The first kappa shape index (κ1) is 31.2. The summed E-state index contributed by atoms with van der Waals surface area (Å²) in [5, 5.41) is 9.54. The Morgan fingerprint density at radius 2 is 1.93 bits per heavy atom. The predicted octanol–water partition coefficient (Wildman–Crippen LogP) is 6.78. The van der Waals surface area contributed by atoms with Crippen molar-refractivity contribution in [1.29, 1.82) is 0 Å². The number of aryl methyl sites for hydroxylation is 1. The van der Waals surface area contributed by atoms with Gasteiger partial charge in [0.05, 0.1) is 11.6 Å². The maximum atomic E-state index is 14.2. The molecule has 1 fully saturated rings. The van der Waals surface area contributed by atoms with Crippen LogP contribution in [0.25, 0.3) is 16.6 Å². The van der Waals surface area contributed by atoms with Crippen LogP contribution in [0.5, 0.6) is 0 Å². The molecule has 1 saturated carbocycles. The highest BCUT2D eigenvalue weighted by molar-refractivity contribution is 6.76. The number of fused-ring (bicyclic) bond motifs is 1. The molecule has 43 heavy (non-hydrogen) atoms. The molecular formula is C32H42ClN5O4Si. The van der Waals surface area contributed by atoms with E-state index in [1.54, 1.807) is 34.6 Å². The van der Waals surface area contributed by atoms with Gasteiger partial charge in [0.15, 0.2) is 0 Å². The number of benzene rings is 1. The second kappa shape index (κ2) is 13.2. The minimum absolute atomic E-state index is 0.0493. The molecular weight excluding hydrogens is 582 g/mol. The maximum Gasteiger partial charge on any atom is 0.355 e. The highest BCUT2D eigenvalue weighted by Gasteiger charge is 2.30. The molecule has 3 aromatic heterocycles. The minimum Gasteiger partial charge on any atom is -0.461 e. The Kier molecular flexibility index (Phi) is 9.58. The van der Waals surface area contributed by atoms with Gasteiger partial charge in [-0.3, -0.25) is 9.36 Å². The number of pyridine rings is 1. The van der Waals surface area contributed by atoms with E-state index in [2.05, 4.69) is 42.0 Å². The molecule has 1 atom stereocenters. The molecule has 0 radical (unpaired) electrons. The van der Waals surface area contributed by atoms with Gasteiger partial charge in [0.1, 0.15) is 30.1 Å². The first-order chi connectivity index (χ1) is 20.6. The minimum atomic E-state index is -1.33. The van der Waals surface area contributed by atoms with E-state index in [1.807, 2.05) is 23.7 Å². The Labute approximate surface area is 258 Å². The van der Waals surface area contributed by atoms with E-state index in [1.165, 1.54) is 19.3 Å². The van der Waals surface area contributed by atoms with Crippen LogP contribution < -0.4 is 5.56 Å². The second-order valence-corrected chi connectivity index (χ2v) is 18.7. The number of aromatic nitrogens is 5. The first-order valence-corrected chi connectivity index (χ1v) is 19.3. The Hall–Kier alpha value is -3.21. The normalized spacial score (nSPS) is 15.2. The first-order valence-electron chi connectivity index (χ1n) is 15.2. The highest BCUT2D eigenvalue weighted by atomic mass is 35.5. The summed E-state index contributed by atoms with van der Waals surface area (Å²) in [6.07, 6.45) is 9.28. The lowest BCUT2D eigenvalue weighted by Crippen LogP contribution is -2.25. The summed E-state index contributed by atoms with van der Waals surface area (Å²) < 4.78 is 16.5. The van der Waals surface area contributed by atoms with Gasteiger partial charge in [-0.05, 0) is 55.5 Å². The van der Waals surface area contributed by atoms with Gasteiger partial charge in [-0.2, -0.15) is 0 Å². The Morgan fingerprint density at radius 3 is 2.60 bits per heavy atom. The van der Waals surface area contributed by atoms with E-state index in [4.69, 9.17) is 21.1 Å². The van der Waals surface area contributed by atoms with Crippen LogP contribution in [0, 0.1) is 5.92 Å². The molecule has 9 nitrogen and oxygen atoms in total. The number of nitrogens with zero attached hydrogens (tertiary/aromatic N) is 5. The number of hydrogen-bond acceptors (Lipinski definition) is 6. The van der Waals surface area contributed by atoms with Gasteiger partial charge < -0.3 is 18.6 Å². The lowest BCUT2D eigenvalue weighted by Gasteiger charge is -2.30. The van der Waals surface area contributed by atoms with Crippen LogP contribution in [0.3, 0.4) is 0 Å². The molecule has 1 aromatic carbocycles. The van der Waals surface area contributed by atoms with Crippen molar-refractivity contribution in [3.8, 4) is 5.69 Å². The molecule has 230 valence electrons. The quantitative estimate of drug-likeness (QED) is 0.104. The summed E-state index contributed by atoms with van der Waals surface area (Å²) in [6, 6.07) is 10.6. The van der Waals surface area contributed by atoms with Gasteiger partial charge >= 0.3 is 5.97 Å². The molecule has 11 heteroatoms. The van der Waals surface area contributed by atoms with E-state index in [9.17, 15) is 9.59 Å². The molecule has 0 bridgehead atoms. The van der Waals surface area contributed by atoms with E-state index in [-0.39, 0.29) is 30.5 Å². The van der Waals surface area contributed by atoms with Gasteiger partial charge in [0.2, 0.25) is 0 Å². The molecule has 4 aromatic rings. The van der Waals surface area contributed by atoms with Crippen LogP contribution in [0.4, 0.5) is 0 Å². The van der Waals surface area contributed by atoms with Crippen molar-refractivity contribution < 1.29 is 14.3 Å². The van der Waals surface area contributed by atoms with Crippen LogP contribution in [-0.2, 0) is 23.3 Å². The van der Waals surface area contributed by atoms with Crippen molar-refractivity contribution in [3.63, 3.8) is 0 Å². The third-order valence-electron chi connectivity index (χ3n) is 8.37. The highest BCUT2D eigenvalue weighted by Crippen LogP contribution is 2.40. The third-order valence-corrected chi connectivity index (χ3v) is 10.4. The zero-order valence-electron chi connectivity index (χ0n) is 25.8. The van der Waals surface area contributed by atoms with E-state index < -0.39 is 14.0 Å². The fourth-order valence-corrected chi connectivity index (χ4v) is 7.09. The molecule has 0 N–H and O–H groups in total. The molecule has 3 heterocycles. The Bertz CT molecular complexity index is 1650. The maximum absolute atomic E-state index is 14.2. The smallest absolute Gasteiger partial charge is 0.355 e. The van der Waals surface area contributed by atoms with E-state index >= 15 is 0 Å². The number of carbonyl (C=O) groups excluding carboxylic acids is 1. The zero-order chi connectivity index (χ0) is 30.7. The molecule has 5 rings (SSSR count). The van der Waals surface area contributed by atoms with Gasteiger partial charge in [0, 0.05) is 44.9 Å². The van der Waals surface area contributed by atoms with Crippen LogP contribution in [0.2, 0.25) is 30.7 Å². The monoisotopic (exact) mass is 623 g/mol. The van der Waals surface area contributed by atoms with E-state index in [0.717, 1.165) is 30.3 Å². The molecule has 0 aliphatic heterocycles. The largest absolute Gasteiger partial charge is 0.461 e. The average molecular weight is 624 g/mol. The summed E-state index contributed by atoms with van der Waals surface area (Å²) in [6.45, 7) is 9.40. The van der Waals surface area contributed by atoms with Gasteiger partial charge in [-0.25, -0.2) is 4.79 Å². The SMILES string of the molecule is CCOC(=O)c1cc2c(Cl)cn(-c3cccc([C@H](c4nncn4C)C4CCCCC4)c3)c(=O)c2n1COCC[Si](C)(C)C. The molecule has 0 unspecified atom stereocenters. The van der Waals surface area contributed by atoms with Crippen molar-refractivity contribution in [2.45, 2.75) is 77.4 Å². The summed E-state index contributed by atoms with van der Waals surface area (Å²) in [7, 11) is 0.652. The van der Waals surface area contributed by atoms with Gasteiger partial charge in [-0.15, -0.1) is 10.2 Å². The number of esters is 1. The van der Waals surface area contributed by atoms with Crippen LogP contribution in [0.1, 0.15) is 66.8 Å². The Balaban J connectivity index is 1.60. The van der Waals surface area contributed by atoms with E-state index in [0.29, 0.717) is 34.1 Å². The predicted molar refractivity (Wildman–Crippen MR) is 172 cm³/mol. The topological polar surface area (TPSA) is 93.2 Å². The van der Waals surface area contributed by atoms with Crippen LogP contribution in [-0.4, -0.2) is 51.2 Å². The van der Waals surface area contributed by atoms with Crippen molar-refractivity contribution in [2.75, 3.05) is 13.2 Å². The summed E-state index contributed by atoms with van der Waals surface area (Å²) in [5.74, 6) is 0.901. The number of ether oxygens (including phenoxy) is 2. The third kappa shape index (κ3) is 6.81. The molecule has 0 saturated heterocycles. The second-order valence-electron chi connectivity index (χ2n) is 12.7. The molecule has 1 aliphatic rings. The summed E-state index contributed by atoms with van der Waals surface area (Å²) in [5.41, 5.74) is 2.05. The summed E-state index contributed by atoms with van der Waals surface area (Å²) in [4.78, 5) is 27.2. The number of rotatable bonds is 11. The van der Waals surface area contributed by atoms with Crippen molar-refractivity contribution >= 4 is 36.5 Å². The fourth-order valence-electron chi connectivity index (χ4n) is 6.09. The zero-order valence-corrected chi connectivity index (χ0v) is 27.6. The molecule has 1 aliphatic carbocycles. The number of carbonyl (C=O) groups is 1. The van der Waals surface area contributed by atoms with Crippen molar-refractivity contribution in [2.24, 2.45) is 13.0 Å². The number of hydrogen-bond donors (Lipinski definition) is 0. The lowest BCUT2D eigenvalue weighted by atomic mass is 9.76.